The highest BCUT2D eigenvalue weighted by atomic mass is 32.2. The average Bonchev–Trinajstić information content (AvgIpc) is 2.96. The molecule has 0 unspecified atom stereocenters. The molecule has 0 N–H and O–H groups in total. The van der Waals surface area contributed by atoms with E-state index in [-0.39, 0.29) is 0 Å². The van der Waals surface area contributed by atoms with Gasteiger partial charge in [0, 0.05) is 23.1 Å². The van der Waals surface area contributed by atoms with Crippen LogP contribution in [0.4, 0.5) is 0 Å². The lowest BCUT2D eigenvalue weighted by atomic mass is 10.2. The first kappa shape index (κ1) is 14.3. The minimum absolute atomic E-state index is 0.588. The molecule has 6 nitrogen and oxygen atoms in total. The van der Waals surface area contributed by atoms with Crippen molar-refractivity contribution >= 4 is 17.4 Å². The van der Waals surface area contributed by atoms with Crippen LogP contribution in [0.15, 0.2) is 29.4 Å². The first-order chi connectivity index (χ1) is 11.2. The number of ether oxygens (including phenoxy) is 2. The maximum absolute atomic E-state index is 5.76. The summed E-state index contributed by atoms with van der Waals surface area (Å²) in [5.41, 5.74) is 2.87. The van der Waals surface area contributed by atoms with E-state index < -0.39 is 0 Å². The molecule has 3 aromatic rings. The number of para-hydroxylation sites is 1. The van der Waals surface area contributed by atoms with Gasteiger partial charge in [-0.05, 0) is 19.9 Å². The zero-order chi connectivity index (χ0) is 15.8. The van der Waals surface area contributed by atoms with E-state index in [1.807, 2.05) is 36.4 Å². The van der Waals surface area contributed by atoms with Crippen LogP contribution in [-0.4, -0.2) is 32.8 Å². The lowest BCUT2D eigenvalue weighted by molar-refractivity contribution is 0.170. The quantitative estimate of drug-likeness (QED) is 0.689. The Labute approximate surface area is 137 Å². The van der Waals surface area contributed by atoms with Gasteiger partial charge in [0.25, 0.3) is 0 Å². The average molecular weight is 328 g/mol. The van der Waals surface area contributed by atoms with Gasteiger partial charge in [0.1, 0.15) is 19.0 Å². The Kier molecular flexibility index (Phi) is 3.57. The van der Waals surface area contributed by atoms with E-state index in [9.17, 15) is 0 Å². The fourth-order valence-electron chi connectivity index (χ4n) is 2.69. The number of aryl methyl sites for hydroxylation is 2. The number of rotatable bonds is 3. The minimum atomic E-state index is 0.588. The Hall–Kier alpha value is -2.28. The lowest BCUT2D eigenvalue weighted by Gasteiger charge is -2.20. The topological polar surface area (TPSA) is 61.5 Å². The fourth-order valence-corrected chi connectivity index (χ4v) is 3.65. The lowest BCUT2D eigenvalue weighted by Crippen LogP contribution is -2.16. The highest BCUT2D eigenvalue weighted by Gasteiger charge is 2.17. The van der Waals surface area contributed by atoms with Gasteiger partial charge in [0.2, 0.25) is 0 Å². The molecule has 1 aliphatic rings. The Balaban J connectivity index is 1.63. The van der Waals surface area contributed by atoms with Gasteiger partial charge in [0.15, 0.2) is 22.3 Å². The predicted molar refractivity (Wildman–Crippen MR) is 87.2 cm³/mol. The highest BCUT2D eigenvalue weighted by molar-refractivity contribution is 7.98. The van der Waals surface area contributed by atoms with Crippen LogP contribution in [0.1, 0.15) is 17.1 Å². The van der Waals surface area contributed by atoms with Crippen LogP contribution < -0.4 is 9.47 Å². The van der Waals surface area contributed by atoms with Crippen molar-refractivity contribution in [3.63, 3.8) is 0 Å². The Morgan fingerprint density at radius 3 is 2.96 bits per heavy atom. The van der Waals surface area contributed by atoms with Crippen molar-refractivity contribution in [2.24, 2.45) is 0 Å². The third-order valence-corrected chi connectivity index (χ3v) is 4.64. The van der Waals surface area contributed by atoms with E-state index in [1.165, 1.54) is 0 Å². The molecule has 0 atom stereocenters. The van der Waals surface area contributed by atoms with Gasteiger partial charge in [-0.25, -0.2) is 4.98 Å². The van der Waals surface area contributed by atoms with Crippen molar-refractivity contribution in [3.8, 4) is 11.5 Å². The molecule has 1 aliphatic heterocycles. The van der Waals surface area contributed by atoms with Crippen LogP contribution in [0.5, 0.6) is 11.5 Å². The molecule has 0 radical (unpaired) electrons. The normalized spacial score (nSPS) is 13.5. The Morgan fingerprint density at radius 2 is 2.04 bits per heavy atom. The van der Waals surface area contributed by atoms with Crippen molar-refractivity contribution in [2.75, 3.05) is 13.2 Å². The second-order valence-corrected chi connectivity index (χ2v) is 6.29. The molecule has 0 aliphatic carbocycles. The zero-order valence-corrected chi connectivity index (χ0v) is 13.8. The Bertz CT molecular complexity index is 878. The summed E-state index contributed by atoms with van der Waals surface area (Å²) in [5, 5.41) is 9.36. The maximum atomic E-state index is 5.76. The largest absolute Gasteiger partial charge is 0.486 e. The van der Waals surface area contributed by atoms with Gasteiger partial charge in [-0.3, -0.25) is 4.40 Å². The van der Waals surface area contributed by atoms with Crippen LogP contribution in [0, 0.1) is 13.8 Å². The maximum Gasteiger partial charge on any atom is 0.197 e. The van der Waals surface area contributed by atoms with Crippen LogP contribution in [-0.2, 0) is 5.75 Å². The highest BCUT2D eigenvalue weighted by Crippen LogP contribution is 2.36. The molecule has 7 heteroatoms. The van der Waals surface area contributed by atoms with Gasteiger partial charge in [-0.15, -0.1) is 10.2 Å². The minimum Gasteiger partial charge on any atom is -0.486 e. The number of benzene rings is 1. The summed E-state index contributed by atoms with van der Waals surface area (Å²) < 4.78 is 13.4. The molecule has 4 rings (SSSR count). The van der Waals surface area contributed by atoms with E-state index in [4.69, 9.17) is 9.47 Å². The van der Waals surface area contributed by atoms with Crippen molar-refractivity contribution < 1.29 is 9.47 Å². The summed E-state index contributed by atoms with van der Waals surface area (Å²) in [7, 11) is 0. The van der Waals surface area contributed by atoms with E-state index >= 15 is 0 Å². The molecule has 3 heterocycles. The second-order valence-electron chi connectivity index (χ2n) is 5.35. The smallest absolute Gasteiger partial charge is 0.197 e. The summed E-state index contributed by atoms with van der Waals surface area (Å²) in [6.07, 6.45) is 0. The zero-order valence-electron chi connectivity index (χ0n) is 12.9. The molecule has 2 aromatic heterocycles. The van der Waals surface area contributed by atoms with Gasteiger partial charge < -0.3 is 9.47 Å². The number of fused-ring (bicyclic) bond motifs is 2. The third-order valence-electron chi connectivity index (χ3n) is 3.66. The van der Waals surface area contributed by atoms with Gasteiger partial charge in [-0.2, -0.15) is 0 Å². The van der Waals surface area contributed by atoms with Crippen molar-refractivity contribution in [2.45, 2.75) is 24.8 Å². The molecule has 1 aromatic carbocycles. The molecule has 0 fully saturated rings. The van der Waals surface area contributed by atoms with Crippen LogP contribution >= 0.6 is 11.8 Å². The van der Waals surface area contributed by atoms with E-state index in [0.717, 1.165) is 45.1 Å². The molecule has 0 spiro atoms. The standard InChI is InChI=1S/C16H16N4O2S/c1-10-8-14-18-19-16(20(14)11(2)17-10)23-9-12-4-3-5-13-15(12)22-7-6-21-13/h3-5,8H,6-7,9H2,1-2H3. The fraction of sp³-hybridized carbons (Fsp3) is 0.312. The molecule has 0 bridgehead atoms. The number of nitrogens with zero attached hydrogens (tertiary/aromatic N) is 4. The second kappa shape index (κ2) is 5.73. The van der Waals surface area contributed by atoms with Crippen molar-refractivity contribution in [3.05, 3.63) is 41.3 Å². The summed E-state index contributed by atoms with van der Waals surface area (Å²) in [5.74, 6) is 3.28. The Morgan fingerprint density at radius 1 is 1.17 bits per heavy atom. The van der Waals surface area contributed by atoms with Crippen LogP contribution in [0.2, 0.25) is 0 Å². The summed E-state index contributed by atoms with van der Waals surface area (Å²) in [6.45, 7) is 5.12. The van der Waals surface area contributed by atoms with Crippen LogP contribution in [0.3, 0.4) is 0 Å². The molecule has 0 saturated carbocycles. The van der Waals surface area contributed by atoms with Gasteiger partial charge in [0.05, 0.1) is 0 Å². The number of aromatic nitrogens is 4. The summed E-state index contributed by atoms with van der Waals surface area (Å²) in [4.78, 5) is 4.48. The van der Waals surface area contributed by atoms with Gasteiger partial charge >= 0.3 is 0 Å². The molecule has 118 valence electrons. The molecular formula is C16H16N4O2S. The van der Waals surface area contributed by atoms with Crippen LogP contribution in [0.25, 0.3) is 5.65 Å². The first-order valence-electron chi connectivity index (χ1n) is 7.42. The van der Waals surface area contributed by atoms with E-state index in [0.29, 0.717) is 13.2 Å². The molecular weight excluding hydrogens is 312 g/mol. The number of hydrogen-bond acceptors (Lipinski definition) is 6. The molecule has 23 heavy (non-hydrogen) atoms. The SMILES string of the molecule is Cc1cc2nnc(SCc3cccc4c3OCCO4)n2c(C)n1. The monoisotopic (exact) mass is 328 g/mol. The van der Waals surface area contributed by atoms with E-state index in [1.54, 1.807) is 11.8 Å². The predicted octanol–water partition coefficient (Wildman–Crippen LogP) is 2.80. The van der Waals surface area contributed by atoms with Crippen molar-refractivity contribution in [1.82, 2.24) is 19.6 Å². The molecule has 0 amide bonds. The van der Waals surface area contributed by atoms with E-state index in [2.05, 4.69) is 21.2 Å². The first-order valence-corrected chi connectivity index (χ1v) is 8.40. The summed E-state index contributed by atoms with van der Waals surface area (Å²) in [6, 6.07) is 7.91. The van der Waals surface area contributed by atoms with Gasteiger partial charge in [-0.1, -0.05) is 23.9 Å². The number of hydrogen-bond donors (Lipinski definition) is 0. The molecule has 0 saturated heterocycles. The van der Waals surface area contributed by atoms with Crippen molar-refractivity contribution in [1.29, 1.82) is 0 Å². The summed E-state index contributed by atoms with van der Waals surface area (Å²) >= 11 is 1.62. The third kappa shape index (κ3) is 2.61. The number of thioether (sulfide) groups is 1.